The van der Waals surface area contributed by atoms with Gasteiger partial charge in [0.2, 0.25) is 0 Å². The number of amides is 1. The molecular formula is C16H17ClN2O2. The van der Waals surface area contributed by atoms with E-state index in [1.54, 1.807) is 25.4 Å². The monoisotopic (exact) mass is 304 g/mol. The summed E-state index contributed by atoms with van der Waals surface area (Å²) in [5, 5.41) is 6.52. The van der Waals surface area contributed by atoms with E-state index in [9.17, 15) is 4.79 Å². The molecule has 1 amide bonds. The highest BCUT2D eigenvalue weighted by Gasteiger charge is 2.22. The number of aryl methyl sites for hydroxylation is 1. The Balaban J connectivity index is 1.85. The maximum absolute atomic E-state index is 11.8. The predicted molar refractivity (Wildman–Crippen MR) is 82.9 cm³/mol. The molecule has 3 rings (SSSR count). The molecule has 5 heteroatoms. The van der Waals surface area contributed by atoms with E-state index in [0.29, 0.717) is 10.6 Å². The fourth-order valence-corrected chi connectivity index (χ4v) is 2.96. The second-order valence-corrected chi connectivity index (χ2v) is 5.57. The van der Waals surface area contributed by atoms with Crippen molar-refractivity contribution in [3.8, 4) is 0 Å². The fourth-order valence-electron chi connectivity index (χ4n) is 2.76. The lowest BCUT2D eigenvalue weighted by Crippen LogP contribution is -2.19. The van der Waals surface area contributed by atoms with Crippen molar-refractivity contribution in [2.75, 3.05) is 12.4 Å². The van der Waals surface area contributed by atoms with E-state index in [1.165, 1.54) is 5.56 Å². The molecule has 1 atom stereocenters. The summed E-state index contributed by atoms with van der Waals surface area (Å²) in [4.78, 5) is 11.8. The van der Waals surface area contributed by atoms with Crippen LogP contribution >= 0.6 is 11.6 Å². The van der Waals surface area contributed by atoms with Gasteiger partial charge in [-0.2, -0.15) is 0 Å². The summed E-state index contributed by atoms with van der Waals surface area (Å²) in [6.45, 7) is 0. The number of furan rings is 1. The van der Waals surface area contributed by atoms with Crippen molar-refractivity contribution in [2.24, 2.45) is 0 Å². The number of hydrogen-bond donors (Lipinski definition) is 2. The maximum Gasteiger partial charge on any atom is 0.252 e. The lowest BCUT2D eigenvalue weighted by atomic mass is 9.93. The number of benzene rings is 1. The predicted octanol–water partition coefficient (Wildman–Crippen LogP) is 3.78. The summed E-state index contributed by atoms with van der Waals surface area (Å²) in [7, 11) is 1.59. The standard InChI is InChI=1S/C16H17ClN2O2/c1-18-16(20)12-9-10(5-6-13(12)17)19-14-3-2-4-15-11(14)7-8-21-15/h5-9,14,19H,2-4H2,1H3,(H,18,20). The minimum atomic E-state index is -0.184. The molecule has 2 aromatic rings. The van der Waals surface area contributed by atoms with Crippen LogP contribution in [0.5, 0.6) is 0 Å². The van der Waals surface area contributed by atoms with Gasteiger partial charge >= 0.3 is 0 Å². The first-order valence-electron chi connectivity index (χ1n) is 7.03. The molecule has 0 radical (unpaired) electrons. The largest absolute Gasteiger partial charge is 0.469 e. The van der Waals surface area contributed by atoms with Crippen molar-refractivity contribution < 1.29 is 9.21 Å². The lowest BCUT2D eigenvalue weighted by molar-refractivity contribution is 0.0963. The van der Waals surface area contributed by atoms with Gasteiger partial charge in [-0.1, -0.05) is 11.6 Å². The van der Waals surface area contributed by atoms with Crippen molar-refractivity contribution in [3.05, 3.63) is 52.4 Å². The van der Waals surface area contributed by atoms with Crippen LogP contribution in [0.4, 0.5) is 5.69 Å². The molecule has 0 aliphatic heterocycles. The average Bonchev–Trinajstić information content (AvgIpc) is 2.98. The normalized spacial score (nSPS) is 17.1. The van der Waals surface area contributed by atoms with Crippen molar-refractivity contribution in [3.63, 3.8) is 0 Å². The summed E-state index contributed by atoms with van der Waals surface area (Å²) in [5.74, 6) is 0.871. The Kier molecular flexibility index (Phi) is 3.88. The van der Waals surface area contributed by atoms with Gasteiger partial charge in [0.25, 0.3) is 5.91 Å². The number of fused-ring (bicyclic) bond motifs is 1. The third-order valence-corrected chi connectivity index (χ3v) is 4.16. The van der Waals surface area contributed by atoms with E-state index >= 15 is 0 Å². The summed E-state index contributed by atoms with van der Waals surface area (Å²) in [6, 6.07) is 7.65. The second-order valence-electron chi connectivity index (χ2n) is 5.16. The topological polar surface area (TPSA) is 54.3 Å². The van der Waals surface area contributed by atoms with E-state index in [-0.39, 0.29) is 11.9 Å². The van der Waals surface area contributed by atoms with E-state index in [1.807, 2.05) is 12.1 Å². The van der Waals surface area contributed by atoms with Gasteiger partial charge in [0.15, 0.2) is 0 Å². The number of halogens is 1. The molecule has 0 saturated carbocycles. The summed E-state index contributed by atoms with van der Waals surface area (Å²) in [6.07, 6.45) is 4.87. The van der Waals surface area contributed by atoms with Crippen LogP contribution in [0.3, 0.4) is 0 Å². The molecule has 2 N–H and O–H groups in total. The Morgan fingerprint density at radius 1 is 1.38 bits per heavy atom. The number of nitrogens with one attached hydrogen (secondary N) is 2. The third-order valence-electron chi connectivity index (χ3n) is 3.83. The number of carbonyl (C=O) groups is 1. The first-order valence-corrected chi connectivity index (χ1v) is 7.41. The number of hydrogen-bond acceptors (Lipinski definition) is 3. The molecule has 1 unspecified atom stereocenters. The van der Waals surface area contributed by atoms with Crippen LogP contribution in [-0.4, -0.2) is 13.0 Å². The molecule has 1 aliphatic rings. The van der Waals surface area contributed by atoms with Gasteiger partial charge in [0, 0.05) is 24.7 Å². The van der Waals surface area contributed by atoms with Crippen LogP contribution in [-0.2, 0) is 6.42 Å². The second kappa shape index (κ2) is 5.82. The Morgan fingerprint density at radius 2 is 2.24 bits per heavy atom. The van der Waals surface area contributed by atoms with E-state index in [0.717, 1.165) is 30.7 Å². The van der Waals surface area contributed by atoms with Gasteiger partial charge in [-0.05, 0) is 37.1 Å². The molecule has 0 spiro atoms. The first-order chi connectivity index (χ1) is 10.2. The molecular weight excluding hydrogens is 288 g/mol. The highest BCUT2D eigenvalue weighted by molar-refractivity contribution is 6.34. The van der Waals surface area contributed by atoms with Crippen LogP contribution in [0.15, 0.2) is 34.9 Å². The van der Waals surface area contributed by atoms with E-state index in [4.69, 9.17) is 16.0 Å². The van der Waals surface area contributed by atoms with Crippen LogP contribution in [0.1, 0.15) is 40.6 Å². The highest BCUT2D eigenvalue weighted by atomic mass is 35.5. The molecule has 1 aromatic carbocycles. The minimum absolute atomic E-state index is 0.184. The lowest BCUT2D eigenvalue weighted by Gasteiger charge is -2.24. The van der Waals surface area contributed by atoms with Crippen molar-refractivity contribution in [1.29, 1.82) is 0 Å². The first kappa shape index (κ1) is 14.0. The summed E-state index contributed by atoms with van der Waals surface area (Å²) >= 11 is 6.07. The molecule has 1 aliphatic carbocycles. The highest BCUT2D eigenvalue weighted by Crippen LogP contribution is 2.33. The Bertz CT molecular complexity index is 666. The quantitative estimate of drug-likeness (QED) is 0.907. The van der Waals surface area contributed by atoms with Crippen LogP contribution < -0.4 is 10.6 Å². The zero-order valence-electron chi connectivity index (χ0n) is 11.8. The van der Waals surface area contributed by atoms with Crippen molar-refractivity contribution in [1.82, 2.24) is 5.32 Å². The van der Waals surface area contributed by atoms with Crippen LogP contribution in [0.25, 0.3) is 0 Å². The Morgan fingerprint density at radius 3 is 3.05 bits per heavy atom. The summed E-state index contributed by atoms with van der Waals surface area (Å²) < 4.78 is 5.50. The SMILES string of the molecule is CNC(=O)c1cc(NC2CCCc3occc32)ccc1Cl. The van der Waals surface area contributed by atoms with Gasteiger partial charge in [-0.3, -0.25) is 4.79 Å². The summed E-state index contributed by atoms with van der Waals surface area (Å²) in [5.41, 5.74) is 2.57. The molecule has 1 heterocycles. The zero-order chi connectivity index (χ0) is 14.8. The number of anilines is 1. The number of rotatable bonds is 3. The van der Waals surface area contributed by atoms with Crippen molar-refractivity contribution >= 4 is 23.2 Å². The smallest absolute Gasteiger partial charge is 0.252 e. The van der Waals surface area contributed by atoms with E-state index < -0.39 is 0 Å². The molecule has 21 heavy (non-hydrogen) atoms. The Labute approximate surface area is 128 Å². The van der Waals surface area contributed by atoms with Gasteiger partial charge in [0.1, 0.15) is 5.76 Å². The van der Waals surface area contributed by atoms with Gasteiger partial charge in [-0.15, -0.1) is 0 Å². The Hall–Kier alpha value is -1.94. The molecule has 4 nitrogen and oxygen atoms in total. The van der Waals surface area contributed by atoms with Gasteiger partial charge < -0.3 is 15.1 Å². The molecule has 0 saturated heterocycles. The molecule has 1 aromatic heterocycles. The zero-order valence-corrected chi connectivity index (χ0v) is 12.5. The molecule has 110 valence electrons. The van der Waals surface area contributed by atoms with Gasteiger partial charge in [-0.25, -0.2) is 0 Å². The van der Waals surface area contributed by atoms with E-state index in [2.05, 4.69) is 10.6 Å². The molecule has 0 bridgehead atoms. The minimum Gasteiger partial charge on any atom is -0.469 e. The average molecular weight is 305 g/mol. The fraction of sp³-hybridized carbons (Fsp3) is 0.312. The third kappa shape index (κ3) is 2.76. The van der Waals surface area contributed by atoms with Crippen molar-refractivity contribution in [2.45, 2.75) is 25.3 Å². The van der Waals surface area contributed by atoms with Crippen LogP contribution in [0, 0.1) is 0 Å². The number of carbonyl (C=O) groups excluding carboxylic acids is 1. The van der Waals surface area contributed by atoms with Crippen LogP contribution in [0.2, 0.25) is 5.02 Å². The maximum atomic E-state index is 11.8. The molecule has 0 fully saturated rings. The van der Waals surface area contributed by atoms with Gasteiger partial charge in [0.05, 0.1) is 22.9 Å².